The maximum absolute atomic E-state index is 13.2. The van der Waals surface area contributed by atoms with Crippen LogP contribution in [0.2, 0.25) is 10.0 Å². The summed E-state index contributed by atoms with van der Waals surface area (Å²) in [7, 11) is 0. The lowest BCUT2D eigenvalue weighted by molar-refractivity contribution is 0.507. The Hall–Kier alpha value is -0.830. The molecule has 0 saturated heterocycles. The highest BCUT2D eigenvalue weighted by atomic mass is 35.5. The molecule has 2 rings (SSSR count). The number of alkyl halides is 1. The van der Waals surface area contributed by atoms with Crippen LogP contribution in [0.15, 0.2) is 36.4 Å². The van der Waals surface area contributed by atoms with Crippen LogP contribution in [0.4, 0.5) is 8.78 Å². The zero-order chi connectivity index (χ0) is 14.0. The Labute approximate surface area is 124 Å². The summed E-state index contributed by atoms with van der Waals surface area (Å²) in [6, 6.07) is 9.13. The Balaban J connectivity index is 2.25. The minimum absolute atomic E-state index is 0.112. The van der Waals surface area contributed by atoms with Gasteiger partial charge in [-0.15, -0.1) is 11.6 Å². The molecule has 5 heteroatoms. The summed E-state index contributed by atoms with van der Waals surface area (Å²) in [5.74, 6) is -1.95. The summed E-state index contributed by atoms with van der Waals surface area (Å²) >= 11 is 18.0. The third-order valence-electron chi connectivity index (χ3n) is 2.68. The molecule has 0 aliphatic heterocycles. The van der Waals surface area contributed by atoms with E-state index >= 15 is 0 Å². The predicted octanol–water partition coefficient (Wildman–Crippen LogP) is 5.79. The van der Waals surface area contributed by atoms with Crippen LogP contribution in [0, 0.1) is 11.6 Å². The molecule has 0 aliphatic carbocycles. The average molecular weight is 322 g/mol. The van der Waals surface area contributed by atoms with Gasteiger partial charge in [-0.3, -0.25) is 0 Å². The average Bonchev–Trinajstić information content (AvgIpc) is 2.33. The molecule has 0 amide bonds. The molecule has 2 aromatic carbocycles. The molecule has 0 radical (unpaired) electrons. The first-order chi connectivity index (χ1) is 8.97. The molecule has 0 nitrogen and oxygen atoms in total. The van der Waals surface area contributed by atoms with Crippen molar-refractivity contribution in [3.05, 3.63) is 69.2 Å². The van der Waals surface area contributed by atoms with Gasteiger partial charge in [0.15, 0.2) is 11.6 Å². The second kappa shape index (κ2) is 6.08. The lowest BCUT2D eigenvalue weighted by Gasteiger charge is -2.12. The third-order valence-corrected chi connectivity index (χ3v) is 3.63. The first-order valence-corrected chi connectivity index (χ1v) is 6.69. The second-order valence-electron chi connectivity index (χ2n) is 4.09. The normalized spacial score (nSPS) is 12.5. The molecule has 2 aromatic rings. The van der Waals surface area contributed by atoms with Crippen molar-refractivity contribution < 1.29 is 8.78 Å². The van der Waals surface area contributed by atoms with Gasteiger partial charge < -0.3 is 0 Å². The fraction of sp³-hybridized carbons (Fsp3) is 0.143. The summed E-state index contributed by atoms with van der Waals surface area (Å²) in [5, 5.41) is 0.153. The highest BCUT2D eigenvalue weighted by molar-refractivity contribution is 6.33. The third kappa shape index (κ3) is 3.59. The van der Waals surface area contributed by atoms with Crippen molar-refractivity contribution in [1.29, 1.82) is 0 Å². The van der Waals surface area contributed by atoms with Gasteiger partial charge in [-0.2, -0.15) is 0 Å². The van der Waals surface area contributed by atoms with Crippen molar-refractivity contribution in [2.45, 2.75) is 11.8 Å². The minimum Gasteiger partial charge on any atom is -0.204 e. The Kier molecular flexibility index (Phi) is 4.67. The fourth-order valence-electron chi connectivity index (χ4n) is 1.76. The molecule has 100 valence electrons. The minimum atomic E-state index is -0.986. The largest absolute Gasteiger partial charge is 0.204 e. The highest BCUT2D eigenvalue weighted by Gasteiger charge is 2.16. The molecule has 0 saturated carbocycles. The van der Waals surface area contributed by atoms with E-state index in [0.717, 1.165) is 17.7 Å². The predicted molar refractivity (Wildman–Crippen MR) is 75.1 cm³/mol. The molecule has 0 heterocycles. The van der Waals surface area contributed by atoms with Crippen LogP contribution in [-0.2, 0) is 6.42 Å². The van der Waals surface area contributed by atoms with Crippen LogP contribution in [0.3, 0.4) is 0 Å². The Morgan fingerprint density at radius 2 is 1.68 bits per heavy atom. The fourth-order valence-corrected chi connectivity index (χ4v) is 2.67. The number of halogens is 5. The van der Waals surface area contributed by atoms with E-state index < -0.39 is 17.0 Å². The van der Waals surface area contributed by atoms with E-state index in [2.05, 4.69) is 0 Å². The molecule has 0 bridgehead atoms. The van der Waals surface area contributed by atoms with Gasteiger partial charge >= 0.3 is 0 Å². The van der Waals surface area contributed by atoms with E-state index in [1.807, 2.05) is 6.07 Å². The van der Waals surface area contributed by atoms with E-state index in [9.17, 15) is 8.78 Å². The number of benzene rings is 2. The van der Waals surface area contributed by atoms with Crippen molar-refractivity contribution in [1.82, 2.24) is 0 Å². The smallest absolute Gasteiger partial charge is 0.160 e. The zero-order valence-electron chi connectivity index (χ0n) is 9.64. The van der Waals surface area contributed by atoms with Gasteiger partial charge in [0.2, 0.25) is 0 Å². The maximum atomic E-state index is 13.2. The topological polar surface area (TPSA) is 0 Å². The lowest BCUT2D eigenvalue weighted by atomic mass is 10.0. The van der Waals surface area contributed by atoms with Crippen LogP contribution in [0.5, 0.6) is 0 Å². The van der Waals surface area contributed by atoms with E-state index in [-0.39, 0.29) is 5.02 Å². The maximum Gasteiger partial charge on any atom is 0.160 e. The first-order valence-electron chi connectivity index (χ1n) is 5.50. The second-order valence-corrected chi connectivity index (χ2v) is 5.46. The van der Waals surface area contributed by atoms with Gasteiger partial charge in [-0.25, -0.2) is 8.78 Å². The molecular formula is C14H9Cl3F2. The zero-order valence-corrected chi connectivity index (χ0v) is 11.9. The summed E-state index contributed by atoms with van der Waals surface area (Å²) in [5.41, 5.74) is 1.26. The van der Waals surface area contributed by atoms with Crippen LogP contribution in [0.25, 0.3) is 0 Å². The highest BCUT2D eigenvalue weighted by Crippen LogP contribution is 2.32. The van der Waals surface area contributed by atoms with Gasteiger partial charge in [0.1, 0.15) is 0 Å². The van der Waals surface area contributed by atoms with Crippen molar-refractivity contribution in [2.24, 2.45) is 0 Å². The first kappa shape index (κ1) is 14.6. The molecule has 0 N–H and O–H groups in total. The van der Waals surface area contributed by atoms with Gasteiger partial charge in [0.05, 0.1) is 5.38 Å². The molecule has 0 fully saturated rings. The van der Waals surface area contributed by atoms with Crippen molar-refractivity contribution in [3.8, 4) is 0 Å². The molecule has 0 spiro atoms. The molecule has 1 unspecified atom stereocenters. The molecule has 1 atom stereocenters. The van der Waals surface area contributed by atoms with Crippen molar-refractivity contribution in [2.75, 3.05) is 0 Å². The number of hydrogen-bond acceptors (Lipinski definition) is 0. The van der Waals surface area contributed by atoms with Gasteiger partial charge in [-0.05, 0) is 41.8 Å². The summed E-state index contributed by atoms with van der Waals surface area (Å²) in [4.78, 5) is 0. The lowest BCUT2D eigenvalue weighted by Crippen LogP contribution is -1.99. The van der Waals surface area contributed by atoms with Crippen LogP contribution < -0.4 is 0 Å². The molecule has 0 aromatic heterocycles. The Morgan fingerprint density at radius 1 is 1.00 bits per heavy atom. The van der Waals surface area contributed by atoms with E-state index in [1.54, 1.807) is 18.2 Å². The summed E-state index contributed by atoms with van der Waals surface area (Å²) < 4.78 is 26.2. The summed E-state index contributed by atoms with van der Waals surface area (Å²) in [6.45, 7) is 0. The Morgan fingerprint density at radius 3 is 2.37 bits per heavy atom. The van der Waals surface area contributed by atoms with Crippen LogP contribution in [-0.4, -0.2) is 0 Å². The monoisotopic (exact) mass is 320 g/mol. The van der Waals surface area contributed by atoms with Crippen LogP contribution in [0.1, 0.15) is 16.5 Å². The Bertz CT molecular complexity index is 599. The van der Waals surface area contributed by atoms with E-state index in [4.69, 9.17) is 34.8 Å². The quantitative estimate of drug-likeness (QED) is 0.495. The molecule has 0 aliphatic rings. The molecule has 19 heavy (non-hydrogen) atoms. The number of hydrogen-bond donors (Lipinski definition) is 0. The van der Waals surface area contributed by atoms with Crippen molar-refractivity contribution in [3.63, 3.8) is 0 Å². The van der Waals surface area contributed by atoms with E-state index in [1.165, 1.54) is 0 Å². The van der Waals surface area contributed by atoms with Gasteiger partial charge in [-0.1, -0.05) is 35.3 Å². The van der Waals surface area contributed by atoms with Gasteiger partial charge in [0.25, 0.3) is 0 Å². The van der Waals surface area contributed by atoms with Gasteiger partial charge in [0, 0.05) is 10.0 Å². The summed E-state index contributed by atoms with van der Waals surface area (Å²) in [6.07, 6.45) is 0.424. The SMILES string of the molecule is Fc1cc(Cl)c(C(Cl)Cc2cccc(Cl)c2)cc1F. The van der Waals surface area contributed by atoms with Crippen LogP contribution >= 0.6 is 34.8 Å². The molecular weight excluding hydrogens is 313 g/mol. The number of rotatable bonds is 3. The van der Waals surface area contributed by atoms with Crippen molar-refractivity contribution >= 4 is 34.8 Å². The van der Waals surface area contributed by atoms with E-state index in [0.29, 0.717) is 17.0 Å². The standard InChI is InChI=1S/C14H9Cl3F2/c15-9-3-1-2-8(4-9)5-11(16)10-6-13(18)14(19)7-12(10)17/h1-4,6-7,11H,5H2.